The zero-order valence-electron chi connectivity index (χ0n) is 21.7. The predicted octanol–water partition coefficient (Wildman–Crippen LogP) is 4.21. The summed E-state index contributed by atoms with van der Waals surface area (Å²) in [7, 11) is 3.99. The van der Waals surface area contributed by atoms with Crippen LogP contribution in [-0.4, -0.2) is 65.9 Å². The van der Waals surface area contributed by atoms with E-state index in [1.165, 1.54) is 0 Å². The van der Waals surface area contributed by atoms with Crippen LogP contribution in [0, 0.1) is 6.92 Å². The fraction of sp³-hybridized carbons (Fsp3) is 0.357. The molecule has 0 fully saturated rings. The number of nitrogens with one attached hydrogen (secondary N) is 2. The van der Waals surface area contributed by atoms with Crippen molar-refractivity contribution < 1.29 is 24.1 Å². The lowest BCUT2D eigenvalue weighted by molar-refractivity contribution is -0.119. The maximum atomic E-state index is 13.4. The number of rotatable bonds is 12. The number of Topliss-reactive ketones (excluding diaryl/α,β-unsaturated/α-hetero) is 1. The van der Waals surface area contributed by atoms with Crippen LogP contribution in [0.25, 0.3) is 17.1 Å². The number of unbranched alkanes of at least 4 members (excludes halogenated alkanes) is 1. The maximum absolute atomic E-state index is 13.4. The van der Waals surface area contributed by atoms with Crippen LogP contribution in [0.15, 0.2) is 59.9 Å². The third kappa shape index (κ3) is 6.37. The van der Waals surface area contributed by atoms with Gasteiger partial charge in [0.05, 0.1) is 6.61 Å². The van der Waals surface area contributed by atoms with E-state index in [9.17, 15) is 9.90 Å². The topological polar surface area (TPSA) is 109 Å². The highest BCUT2D eigenvalue weighted by Gasteiger charge is 2.36. The number of aryl methyl sites for hydroxylation is 1. The average molecular weight is 507 g/mol. The molecule has 3 aromatic rings. The number of aliphatic hydroxyl groups is 1. The molecule has 0 unspecified atom stereocenters. The van der Waals surface area contributed by atoms with Gasteiger partial charge in [0.25, 0.3) is 0 Å². The highest BCUT2D eigenvalue weighted by Crippen LogP contribution is 2.33. The van der Waals surface area contributed by atoms with E-state index in [2.05, 4.69) is 20.2 Å². The number of hydrogen-bond donors (Lipinski definition) is 3. The van der Waals surface area contributed by atoms with E-state index in [4.69, 9.17) is 14.2 Å². The second-order valence-corrected chi connectivity index (χ2v) is 9.16. The first kappa shape index (κ1) is 26.4. The van der Waals surface area contributed by atoms with Crippen molar-refractivity contribution in [3.8, 4) is 5.75 Å². The number of ether oxygens (including phenoxy) is 3. The molecular formula is C28H34N4O5. The van der Waals surface area contributed by atoms with Gasteiger partial charge in [0, 0.05) is 35.6 Å². The zero-order valence-corrected chi connectivity index (χ0v) is 21.7. The number of nitrogens with zero attached hydrogens (tertiary/aromatic N) is 2. The molecule has 0 bridgehead atoms. The van der Waals surface area contributed by atoms with Crippen LogP contribution in [-0.2, 0) is 14.3 Å². The Morgan fingerprint density at radius 1 is 1.27 bits per heavy atom. The Bertz CT molecular complexity index is 1310. The molecule has 9 heteroatoms. The fourth-order valence-corrected chi connectivity index (χ4v) is 3.85. The molecule has 1 atom stereocenters. The first-order valence-corrected chi connectivity index (χ1v) is 12.4. The Kier molecular flexibility index (Phi) is 8.60. The summed E-state index contributed by atoms with van der Waals surface area (Å²) in [6.07, 6.45) is 5.35. The highest BCUT2D eigenvalue weighted by molar-refractivity contribution is 6.13. The van der Waals surface area contributed by atoms with Crippen molar-refractivity contribution in [3.63, 3.8) is 0 Å². The number of anilines is 1. The summed E-state index contributed by atoms with van der Waals surface area (Å²) in [5, 5.41) is 14.8. The lowest BCUT2D eigenvalue weighted by Crippen LogP contribution is -2.22. The van der Waals surface area contributed by atoms with E-state index in [-0.39, 0.29) is 17.2 Å². The minimum absolute atomic E-state index is 0.0334. The molecule has 1 aliphatic rings. The molecule has 1 aliphatic heterocycles. The summed E-state index contributed by atoms with van der Waals surface area (Å²) in [5.74, 6) is 0.536. The van der Waals surface area contributed by atoms with Crippen LogP contribution in [0.3, 0.4) is 0 Å². The summed E-state index contributed by atoms with van der Waals surface area (Å²) in [6, 6.07) is 9.36. The number of carbonyl (C=O) groups is 1. The SMILES string of the molecule is CCCCO[C@H](O)C1=C(Nc2ccc(OCCN(C)C)cc2C)O/C(=C\c2c[nH]c3ncccc23)C1=O. The Labute approximate surface area is 216 Å². The molecule has 0 radical (unpaired) electrons. The standard InChI is InChI=1S/C28H34N4O5/c1-5-6-13-36-28(34)24-25(33)23(16-19-17-30-26-21(19)8-7-11-29-26)37-27(24)31-22-10-9-20(15-18(22)2)35-14-12-32(3)4/h7-11,15-17,28,31,34H,5-6,12-14H2,1-4H3,(H,29,30)/b23-16-/t28-/m0/s1. The third-order valence-electron chi connectivity index (χ3n) is 5.97. The third-order valence-corrected chi connectivity index (χ3v) is 5.97. The van der Waals surface area contributed by atoms with E-state index in [0.29, 0.717) is 18.9 Å². The number of carbonyl (C=O) groups excluding carboxylic acids is 1. The fourth-order valence-electron chi connectivity index (χ4n) is 3.85. The van der Waals surface area contributed by atoms with Gasteiger partial charge in [0.1, 0.15) is 23.6 Å². The van der Waals surface area contributed by atoms with Crippen LogP contribution < -0.4 is 10.1 Å². The van der Waals surface area contributed by atoms with Crippen LogP contribution in [0.2, 0.25) is 0 Å². The Morgan fingerprint density at radius 3 is 2.86 bits per heavy atom. The molecule has 0 aliphatic carbocycles. The van der Waals surface area contributed by atoms with Gasteiger partial charge in [0.2, 0.25) is 11.7 Å². The van der Waals surface area contributed by atoms with Crippen molar-refractivity contribution in [1.82, 2.24) is 14.9 Å². The normalized spacial score (nSPS) is 15.6. The van der Waals surface area contributed by atoms with Crippen LogP contribution >= 0.6 is 0 Å². The molecule has 9 nitrogen and oxygen atoms in total. The van der Waals surface area contributed by atoms with E-state index in [1.807, 2.05) is 58.3 Å². The Hall–Kier alpha value is -3.66. The summed E-state index contributed by atoms with van der Waals surface area (Å²) in [5.41, 5.74) is 3.11. The predicted molar refractivity (Wildman–Crippen MR) is 143 cm³/mol. The molecule has 0 saturated carbocycles. The van der Waals surface area contributed by atoms with Gasteiger partial charge in [-0.15, -0.1) is 0 Å². The number of aliphatic hydroxyl groups excluding tert-OH is 1. The van der Waals surface area contributed by atoms with Gasteiger partial charge < -0.3 is 34.5 Å². The molecule has 37 heavy (non-hydrogen) atoms. The van der Waals surface area contributed by atoms with E-state index in [1.54, 1.807) is 18.5 Å². The number of likely N-dealkylation sites (N-methyl/N-ethyl adjacent to an activating group) is 1. The molecule has 3 N–H and O–H groups in total. The average Bonchev–Trinajstić information content (AvgIpc) is 3.41. The van der Waals surface area contributed by atoms with E-state index >= 15 is 0 Å². The molecule has 2 aromatic heterocycles. The zero-order chi connectivity index (χ0) is 26.4. The van der Waals surface area contributed by atoms with Gasteiger partial charge in [-0.2, -0.15) is 0 Å². The number of hydrogen-bond acceptors (Lipinski definition) is 8. The quantitative estimate of drug-likeness (QED) is 0.190. The molecule has 0 saturated heterocycles. The maximum Gasteiger partial charge on any atom is 0.234 e. The van der Waals surface area contributed by atoms with Gasteiger partial charge >= 0.3 is 0 Å². The van der Waals surface area contributed by atoms with Gasteiger partial charge in [-0.05, 0) is 69.4 Å². The van der Waals surface area contributed by atoms with Crippen LogP contribution in [0.5, 0.6) is 5.75 Å². The number of benzene rings is 1. The van der Waals surface area contributed by atoms with Gasteiger partial charge in [0.15, 0.2) is 12.0 Å². The number of ketones is 1. The van der Waals surface area contributed by atoms with Crippen molar-refractivity contribution in [1.29, 1.82) is 0 Å². The number of aromatic nitrogens is 2. The largest absolute Gasteiger partial charge is 0.492 e. The smallest absolute Gasteiger partial charge is 0.234 e. The Morgan fingerprint density at radius 2 is 2.11 bits per heavy atom. The molecule has 4 rings (SSSR count). The summed E-state index contributed by atoms with van der Waals surface area (Å²) >= 11 is 0. The van der Waals surface area contributed by atoms with Crippen molar-refractivity contribution in [2.45, 2.75) is 33.0 Å². The van der Waals surface area contributed by atoms with E-state index in [0.717, 1.165) is 47.3 Å². The molecule has 1 aromatic carbocycles. The van der Waals surface area contributed by atoms with Crippen molar-refractivity contribution in [3.05, 3.63) is 71.1 Å². The minimum Gasteiger partial charge on any atom is -0.492 e. The molecular weight excluding hydrogens is 472 g/mol. The number of pyridine rings is 1. The van der Waals surface area contributed by atoms with Crippen molar-refractivity contribution in [2.75, 3.05) is 39.2 Å². The molecule has 0 spiro atoms. The summed E-state index contributed by atoms with van der Waals surface area (Å²) < 4.78 is 17.4. The minimum atomic E-state index is -1.42. The lowest BCUT2D eigenvalue weighted by atomic mass is 10.1. The molecule has 196 valence electrons. The second-order valence-electron chi connectivity index (χ2n) is 9.16. The van der Waals surface area contributed by atoms with Gasteiger partial charge in [-0.25, -0.2) is 4.98 Å². The lowest BCUT2D eigenvalue weighted by Gasteiger charge is -2.16. The van der Waals surface area contributed by atoms with Crippen molar-refractivity contribution >= 4 is 28.6 Å². The Balaban J connectivity index is 1.59. The molecule has 3 heterocycles. The van der Waals surface area contributed by atoms with Gasteiger partial charge in [-0.1, -0.05) is 13.3 Å². The second kappa shape index (κ2) is 12.1. The van der Waals surface area contributed by atoms with Crippen LogP contribution in [0.1, 0.15) is 30.9 Å². The van der Waals surface area contributed by atoms with Gasteiger partial charge in [-0.3, -0.25) is 4.79 Å². The monoisotopic (exact) mass is 506 g/mol. The van der Waals surface area contributed by atoms with Crippen molar-refractivity contribution in [2.24, 2.45) is 0 Å². The summed E-state index contributed by atoms with van der Waals surface area (Å²) in [4.78, 5) is 22.8. The van der Waals surface area contributed by atoms with E-state index < -0.39 is 12.1 Å². The number of aromatic amines is 1. The number of fused-ring (bicyclic) bond motifs is 1. The number of H-pyrrole nitrogens is 1. The molecule has 0 amide bonds. The summed E-state index contributed by atoms with van der Waals surface area (Å²) in [6.45, 7) is 5.67. The highest BCUT2D eigenvalue weighted by atomic mass is 16.6. The first-order valence-electron chi connectivity index (χ1n) is 12.4. The number of allylic oxidation sites excluding steroid dienone is 1. The first-order chi connectivity index (χ1) is 17.9. The van der Waals surface area contributed by atoms with Crippen LogP contribution in [0.4, 0.5) is 5.69 Å².